The largest absolute Gasteiger partial charge is 0.508 e. The van der Waals surface area contributed by atoms with Crippen molar-refractivity contribution in [3.8, 4) is 5.75 Å². The normalized spacial score (nSPS) is 26.8. The van der Waals surface area contributed by atoms with Crippen molar-refractivity contribution < 1.29 is 10.2 Å². The van der Waals surface area contributed by atoms with E-state index in [-0.39, 0.29) is 5.75 Å². The molecule has 3 aromatic rings. The van der Waals surface area contributed by atoms with Gasteiger partial charge in [-0.3, -0.25) is 4.90 Å². The van der Waals surface area contributed by atoms with Gasteiger partial charge in [-0.15, -0.1) is 6.58 Å². The van der Waals surface area contributed by atoms with Crippen LogP contribution in [0.2, 0.25) is 0 Å². The van der Waals surface area contributed by atoms with E-state index in [1.165, 1.54) is 27.7 Å². The highest BCUT2D eigenvalue weighted by atomic mass is 16.3. The van der Waals surface area contributed by atoms with Crippen molar-refractivity contribution in [3.05, 3.63) is 77.5 Å². The first-order chi connectivity index (χ1) is 14.0. The van der Waals surface area contributed by atoms with Gasteiger partial charge in [-0.05, 0) is 48.7 Å². The molecule has 0 amide bonds. The number of aromatic hydroxyl groups is 1. The minimum atomic E-state index is -0.909. The zero-order valence-corrected chi connectivity index (χ0v) is 16.9. The minimum Gasteiger partial charge on any atom is -0.508 e. The zero-order chi connectivity index (χ0) is 20.2. The zero-order valence-electron chi connectivity index (χ0n) is 16.9. The number of phenols is 1. The van der Waals surface area contributed by atoms with Crippen LogP contribution in [0.4, 0.5) is 0 Å². The Hall–Kier alpha value is -2.56. The number of aliphatic hydroxyl groups is 1. The summed E-state index contributed by atoms with van der Waals surface area (Å²) in [4.78, 5) is 5.97. The summed E-state index contributed by atoms with van der Waals surface area (Å²) in [6, 6.07) is 13.9. The highest BCUT2D eigenvalue weighted by molar-refractivity contribution is 5.88. The molecule has 3 N–H and O–H groups in total. The predicted octanol–water partition coefficient (Wildman–Crippen LogP) is 3.84. The van der Waals surface area contributed by atoms with Crippen molar-refractivity contribution in [2.75, 3.05) is 19.6 Å². The number of benzene rings is 2. The quantitative estimate of drug-likeness (QED) is 0.598. The third-order valence-electron chi connectivity index (χ3n) is 7.20. The molecule has 0 unspecified atom stereocenters. The Balaban J connectivity index is 1.70. The lowest BCUT2D eigenvalue weighted by molar-refractivity contribution is -0.100. The van der Waals surface area contributed by atoms with Gasteiger partial charge < -0.3 is 15.2 Å². The number of nitrogens with zero attached hydrogens (tertiary/aromatic N) is 1. The lowest BCUT2D eigenvalue weighted by Gasteiger charge is -2.56. The first-order valence-electron chi connectivity index (χ1n) is 10.4. The van der Waals surface area contributed by atoms with Crippen LogP contribution in [0.25, 0.3) is 10.9 Å². The summed E-state index contributed by atoms with van der Waals surface area (Å²) >= 11 is 0. The Morgan fingerprint density at radius 1 is 1.21 bits per heavy atom. The monoisotopic (exact) mass is 388 g/mol. The fourth-order valence-electron chi connectivity index (χ4n) is 5.74. The molecule has 1 fully saturated rings. The number of para-hydroxylation sites is 1. The molecule has 5 rings (SSSR count). The van der Waals surface area contributed by atoms with E-state index in [9.17, 15) is 10.2 Å². The van der Waals surface area contributed by atoms with Crippen molar-refractivity contribution in [1.82, 2.24) is 9.88 Å². The topological polar surface area (TPSA) is 59.5 Å². The Kier molecular flexibility index (Phi) is 4.12. The molecule has 0 bridgehead atoms. The van der Waals surface area contributed by atoms with E-state index < -0.39 is 11.0 Å². The fraction of sp³-hybridized carbons (Fsp3) is 0.360. The van der Waals surface area contributed by atoms with E-state index in [1.54, 1.807) is 6.07 Å². The van der Waals surface area contributed by atoms with Gasteiger partial charge in [0.05, 0.1) is 5.60 Å². The minimum absolute atomic E-state index is 0.256. The van der Waals surface area contributed by atoms with Crippen molar-refractivity contribution >= 4 is 10.9 Å². The number of likely N-dealkylation sites (tertiary alicyclic amines) is 1. The van der Waals surface area contributed by atoms with E-state index in [0.29, 0.717) is 13.0 Å². The molecule has 2 aromatic carbocycles. The number of rotatable bonds is 3. The highest BCUT2D eigenvalue weighted by Gasteiger charge is 2.57. The Morgan fingerprint density at radius 2 is 2.03 bits per heavy atom. The van der Waals surface area contributed by atoms with Gasteiger partial charge in [0, 0.05) is 47.9 Å². The highest BCUT2D eigenvalue weighted by Crippen LogP contribution is 2.51. The van der Waals surface area contributed by atoms with Crippen LogP contribution in [0, 0.1) is 6.92 Å². The van der Waals surface area contributed by atoms with Crippen LogP contribution in [0.15, 0.2) is 55.1 Å². The van der Waals surface area contributed by atoms with Crippen LogP contribution in [-0.4, -0.2) is 45.3 Å². The average Bonchev–Trinajstić information content (AvgIpc) is 3.04. The third-order valence-corrected chi connectivity index (χ3v) is 7.20. The summed E-state index contributed by atoms with van der Waals surface area (Å²) in [5.74, 6) is 0.256. The van der Waals surface area contributed by atoms with Crippen LogP contribution in [0.5, 0.6) is 5.75 Å². The van der Waals surface area contributed by atoms with Crippen molar-refractivity contribution in [3.63, 3.8) is 0 Å². The molecular formula is C25H28N2O2. The van der Waals surface area contributed by atoms with Crippen LogP contribution < -0.4 is 0 Å². The van der Waals surface area contributed by atoms with E-state index in [1.807, 2.05) is 18.2 Å². The second-order valence-electron chi connectivity index (χ2n) is 8.87. The lowest BCUT2D eigenvalue weighted by Crippen LogP contribution is -2.66. The van der Waals surface area contributed by atoms with Gasteiger partial charge in [0.25, 0.3) is 0 Å². The summed E-state index contributed by atoms with van der Waals surface area (Å²) in [6.07, 6.45) is 4.11. The molecule has 0 saturated carbocycles. The first-order valence-corrected chi connectivity index (χ1v) is 10.4. The number of aryl methyl sites for hydroxylation is 1. The second-order valence-corrected chi connectivity index (χ2v) is 8.87. The smallest absolute Gasteiger partial charge is 0.115 e. The molecule has 1 aromatic heterocycles. The lowest BCUT2D eigenvalue weighted by atomic mass is 9.56. The van der Waals surface area contributed by atoms with E-state index in [0.717, 1.165) is 31.5 Å². The first kappa shape index (κ1) is 18.5. The molecule has 0 radical (unpaired) electrons. The standard InChI is InChI=1S/C25H28N2O2/c1-3-11-27-12-10-24(18-7-5-8-19(28)13-18)15-22-21(14-25(24,29)16-27)20-9-4-6-17(2)23(20)26-22/h3-9,13,26,28-29H,1,10-12,14-16H2,2H3/t24-,25-/m0/s1. The number of hydrogen-bond donors (Lipinski definition) is 3. The molecule has 4 heteroatoms. The maximum absolute atomic E-state index is 12.2. The van der Waals surface area contributed by atoms with Gasteiger partial charge in [0.1, 0.15) is 5.75 Å². The van der Waals surface area contributed by atoms with Gasteiger partial charge in [-0.25, -0.2) is 0 Å². The summed E-state index contributed by atoms with van der Waals surface area (Å²) in [5.41, 5.74) is 4.56. The van der Waals surface area contributed by atoms with Gasteiger partial charge in [-0.1, -0.05) is 36.4 Å². The van der Waals surface area contributed by atoms with Crippen LogP contribution >= 0.6 is 0 Å². The SMILES string of the molecule is C=CCN1CC[C@@]2(c3cccc(O)c3)Cc3[nH]c4c(C)cccc4c3C[C@]2(O)C1. The van der Waals surface area contributed by atoms with Gasteiger partial charge in [0.2, 0.25) is 0 Å². The molecule has 2 aliphatic rings. The molecule has 1 saturated heterocycles. The van der Waals surface area contributed by atoms with Crippen LogP contribution in [0.1, 0.15) is 28.8 Å². The summed E-state index contributed by atoms with van der Waals surface area (Å²) in [6.45, 7) is 8.29. The van der Waals surface area contributed by atoms with E-state index in [2.05, 4.69) is 47.7 Å². The number of fused-ring (bicyclic) bond motifs is 4. The van der Waals surface area contributed by atoms with Gasteiger partial charge >= 0.3 is 0 Å². The molecule has 2 heterocycles. The van der Waals surface area contributed by atoms with E-state index in [4.69, 9.17) is 0 Å². The van der Waals surface area contributed by atoms with Gasteiger partial charge in [-0.2, -0.15) is 0 Å². The Morgan fingerprint density at radius 3 is 2.83 bits per heavy atom. The van der Waals surface area contributed by atoms with Crippen molar-refractivity contribution in [1.29, 1.82) is 0 Å². The maximum Gasteiger partial charge on any atom is 0.115 e. The number of aromatic amines is 1. The molecule has 2 atom stereocenters. The molecular weight excluding hydrogens is 360 g/mol. The molecule has 1 aliphatic carbocycles. The molecule has 1 aliphatic heterocycles. The average molecular weight is 389 g/mol. The number of H-pyrrole nitrogens is 1. The second kappa shape index (κ2) is 6.48. The molecule has 4 nitrogen and oxygen atoms in total. The molecule has 29 heavy (non-hydrogen) atoms. The number of hydrogen-bond acceptors (Lipinski definition) is 3. The summed E-state index contributed by atoms with van der Waals surface area (Å²) < 4.78 is 0. The van der Waals surface area contributed by atoms with Crippen molar-refractivity contribution in [2.24, 2.45) is 0 Å². The summed E-state index contributed by atoms with van der Waals surface area (Å²) in [5, 5.41) is 23.6. The third kappa shape index (κ3) is 2.66. The predicted molar refractivity (Wildman–Crippen MR) is 116 cm³/mol. The summed E-state index contributed by atoms with van der Waals surface area (Å²) in [7, 11) is 0. The van der Waals surface area contributed by atoms with Crippen LogP contribution in [-0.2, 0) is 18.3 Å². The number of piperidine rings is 1. The number of aromatic nitrogens is 1. The number of nitrogens with one attached hydrogen (secondary N) is 1. The Labute approximate surface area is 171 Å². The maximum atomic E-state index is 12.2. The van der Waals surface area contributed by atoms with Gasteiger partial charge in [0.15, 0.2) is 0 Å². The Bertz CT molecular complexity index is 1100. The number of β-amino-alcohol motifs (C(OH)–C–C–N with tert-alkyl or cyclic N) is 1. The van der Waals surface area contributed by atoms with Crippen molar-refractivity contribution in [2.45, 2.75) is 37.2 Å². The fourth-order valence-corrected chi connectivity index (χ4v) is 5.74. The molecule has 0 spiro atoms. The van der Waals surface area contributed by atoms with Crippen LogP contribution in [0.3, 0.4) is 0 Å². The number of phenolic OH excluding ortho intramolecular Hbond substituents is 1. The van der Waals surface area contributed by atoms with E-state index >= 15 is 0 Å². The molecule has 150 valence electrons.